The lowest BCUT2D eigenvalue weighted by molar-refractivity contribution is -0.156. The van der Waals surface area contributed by atoms with Crippen LogP contribution in [0.1, 0.15) is 24.0 Å². The summed E-state index contributed by atoms with van der Waals surface area (Å²) >= 11 is 0. The molecule has 1 aliphatic heterocycles. The third kappa shape index (κ3) is 4.69. The number of carbonyl (C=O) groups is 3. The Kier molecular flexibility index (Phi) is 6.35. The maximum atomic E-state index is 12.5. The first-order valence-electron chi connectivity index (χ1n) is 10.7. The quantitative estimate of drug-likeness (QED) is 0.498. The second kappa shape index (κ2) is 9.21. The zero-order chi connectivity index (χ0) is 23.6. The van der Waals surface area contributed by atoms with Gasteiger partial charge in [0, 0.05) is 5.92 Å². The van der Waals surface area contributed by atoms with Crippen molar-refractivity contribution in [2.75, 3.05) is 26.4 Å². The van der Waals surface area contributed by atoms with E-state index in [0.717, 1.165) is 29.2 Å². The molecule has 4 rings (SSSR count). The highest BCUT2D eigenvalue weighted by molar-refractivity contribution is 5.83. The fourth-order valence-corrected chi connectivity index (χ4v) is 4.21. The van der Waals surface area contributed by atoms with Gasteiger partial charge >= 0.3 is 12.1 Å². The van der Waals surface area contributed by atoms with E-state index < -0.39 is 42.1 Å². The van der Waals surface area contributed by atoms with Gasteiger partial charge in [-0.2, -0.15) is 0 Å². The lowest BCUT2D eigenvalue weighted by atomic mass is 9.98. The van der Waals surface area contributed by atoms with Gasteiger partial charge in [-0.3, -0.25) is 4.79 Å². The summed E-state index contributed by atoms with van der Waals surface area (Å²) in [5.41, 5.74) is 2.35. The molecule has 2 aromatic rings. The molecule has 0 bridgehead atoms. The Hall–Kier alpha value is -3.43. The van der Waals surface area contributed by atoms with E-state index in [1.54, 1.807) is 0 Å². The Labute approximate surface area is 190 Å². The largest absolute Gasteiger partial charge is 0.479 e. The Morgan fingerprint density at radius 3 is 2.27 bits per heavy atom. The van der Waals surface area contributed by atoms with Gasteiger partial charge in [0.15, 0.2) is 5.60 Å². The van der Waals surface area contributed by atoms with E-state index >= 15 is 0 Å². The summed E-state index contributed by atoms with van der Waals surface area (Å²) in [5.74, 6) is -2.77. The van der Waals surface area contributed by atoms with Crippen molar-refractivity contribution in [3.63, 3.8) is 0 Å². The van der Waals surface area contributed by atoms with E-state index in [1.165, 1.54) is 0 Å². The van der Waals surface area contributed by atoms with Gasteiger partial charge in [-0.1, -0.05) is 48.5 Å². The molecule has 1 saturated heterocycles. The molecule has 3 unspecified atom stereocenters. The number of amides is 2. The number of rotatable bonds is 7. The average Bonchev–Trinajstić information content (AvgIpc) is 3.38. The number of benzene rings is 2. The zero-order valence-electron chi connectivity index (χ0n) is 18.1. The average molecular weight is 454 g/mol. The number of carbonyl (C=O) groups excluding carboxylic acids is 2. The molecule has 33 heavy (non-hydrogen) atoms. The number of fused-ring (bicyclic) bond motifs is 3. The highest BCUT2D eigenvalue weighted by Gasteiger charge is 2.38. The monoisotopic (exact) mass is 454 g/mol. The summed E-state index contributed by atoms with van der Waals surface area (Å²) in [6.07, 6.45) is -0.664. The van der Waals surface area contributed by atoms with Gasteiger partial charge in [-0.25, -0.2) is 9.59 Å². The molecule has 174 valence electrons. The van der Waals surface area contributed by atoms with E-state index in [2.05, 4.69) is 22.8 Å². The summed E-state index contributed by atoms with van der Waals surface area (Å²) in [7, 11) is 0. The first kappa shape index (κ1) is 22.8. The minimum Gasteiger partial charge on any atom is -0.479 e. The number of nitrogens with one attached hydrogen (secondary N) is 2. The molecular weight excluding hydrogens is 428 g/mol. The van der Waals surface area contributed by atoms with Crippen molar-refractivity contribution in [2.24, 2.45) is 5.92 Å². The molecule has 2 amide bonds. The SMILES string of the molecule is CC(O)(CNC(=O)C1COCC1NC(=O)OCC1c2ccccc2-c2ccccc21)C(=O)O. The molecule has 2 aromatic carbocycles. The molecule has 1 fully saturated rings. The normalized spacial score (nSPS) is 20.9. The van der Waals surface area contributed by atoms with Crippen LogP contribution < -0.4 is 10.6 Å². The van der Waals surface area contributed by atoms with Crippen LogP contribution in [0.3, 0.4) is 0 Å². The van der Waals surface area contributed by atoms with Gasteiger partial charge < -0.3 is 30.3 Å². The molecular formula is C24H26N2O7. The summed E-state index contributed by atoms with van der Waals surface area (Å²) in [6.45, 7) is 0.960. The van der Waals surface area contributed by atoms with Crippen LogP contribution in [0, 0.1) is 5.92 Å². The molecule has 0 saturated carbocycles. The topological polar surface area (TPSA) is 134 Å². The number of ether oxygens (including phenoxy) is 2. The van der Waals surface area contributed by atoms with Crippen LogP contribution in [0.2, 0.25) is 0 Å². The van der Waals surface area contributed by atoms with Gasteiger partial charge in [-0.15, -0.1) is 0 Å². The van der Waals surface area contributed by atoms with Crippen LogP contribution in [0.4, 0.5) is 4.79 Å². The number of carboxylic acids is 1. The van der Waals surface area contributed by atoms with E-state index in [1.807, 2.05) is 36.4 Å². The first-order valence-corrected chi connectivity index (χ1v) is 10.7. The van der Waals surface area contributed by atoms with Crippen molar-refractivity contribution in [3.8, 4) is 11.1 Å². The molecule has 9 heteroatoms. The van der Waals surface area contributed by atoms with E-state index in [0.29, 0.717) is 0 Å². The highest BCUT2D eigenvalue weighted by atomic mass is 16.5. The Morgan fingerprint density at radius 2 is 1.67 bits per heavy atom. The third-order valence-corrected chi connectivity index (χ3v) is 6.13. The number of hydrogen-bond donors (Lipinski definition) is 4. The minimum atomic E-state index is -2.09. The standard InChI is InChI=1S/C24H26N2O7/c1-24(31,22(28)29)13-25-21(27)19-10-32-12-20(19)26-23(30)33-11-18-16-8-4-2-6-14(16)15-7-3-5-9-17(15)18/h2-9,18-20,31H,10-13H2,1H3,(H,25,27)(H,26,30)(H,28,29). The van der Waals surface area contributed by atoms with Crippen molar-refractivity contribution in [1.82, 2.24) is 10.6 Å². The van der Waals surface area contributed by atoms with E-state index in [-0.39, 0.29) is 25.7 Å². The maximum absolute atomic E-state index is 12.5. The van der Waals surface area contributed by atoms with Gasteiger partial charge in [0.1, 0.15) is 6.61 Å². The summed E-state index contributed by atoms with van der Waals surface area (Å²) < 4.78 is 10.9. The maximum Gasteiger partial charge on any atom is 0.407 e. The Morgan fingerprint density at radius 1 is 1.06 bits per heavy atom. The van der Waals surface area contributed by atoms with Crippen molar-refractivity contribution < 1.29 is 34.1 Å². The number of aliphatic hydroxyl groups is 1. The lowest BCUT2D eigenvalue weighted by Crippen LogP contribution is -2.51. The number of alkyl carbamates (subject to hydrolysis) is 1. The van der Waals surface area contributed by atoms with Crippen molar-refractivity contribution in [1.29, 1.82) is 0 Å². The second-order valence-corrected chi connectivity index (χ2v) is 8.52. The smallest absolute Gasteiger partial charge is 0.407 e. The molecule has 9 nitrogen and oxygen atoms in total. The summed E-state index contributed by atoms with van der Waals surface area (Å²) in [5, 5.41) is 23.8. The molecule has 1 aliphatic carbocycles. The number of carboxylic acid groups (broad SMARTS) is 1. The van der Waals surface area contributed by atoms with Gasteiger partial charge in [0.2, 0.25) is 5.91 Å². The zero-order valence-corrected chi connectivity index (χ0v) is 18.1. The minimum absolute atomic E-state index is 0.0649. The molecule has 2 aliphatic rings. The third-order valence-electron chi connectivity index (χ3n) is 6.13. The predicted octanol–water partition coefficient (Wildman–Crippen LogP) is 1.49. The summed E-state index contributed by atoms with van der Waals surface area (Å²) in [4.78, 5) is 36.0. The van der Waals surface area contributed by atoms with E-state index in [9.17, 15) is 19.5 Å². The molecule has 3 atom stereocenters. The Balaban J connectivity index is 1.34. The lowest BCUT2D eigenvalue weighted by Gasteiger charge is -2.22. The van der Waals surface area contributed by atoms with Gasteiger partial charge in [0.05, 0.1) is 31.7 Å². The van der Waals surface area contributed by atoms with Crippen LogP contribution >= 0.6 is 0 Å². The van der Waals surface area contributed by atoms with Crippen molar-refractivity contribution in [3.05, 3.63) is 59.7 Å². The fourth-order valence-electron chi connectivity index (χ4n) is 4.21. The molecule has 4 N–H and O–H groups in total. The van der Waals surface area contributed by atoms with Crippen molar-refractivity contribution >= 4 is 18.0 Å². The van der Waals surface area contributed by atoms with E-state index in [4.69, 9.17) is 14.6 Å². The Bertz CT molecular complexity index is 1020. The van der Waals surface area contributed by atoms with Gasteiger partial charge in [0.25, 0.3) is 0 Å². The second-order valence-electron chi connectivity index (χ2n) is 8.52. The molecule has 1 heterocycles. The van der Waals surface area contributed by atoms with Crippen molar-refractivity contribution in [2.45, 2.75) is 24.5 Å². The molecule has 0 spiro atoms. The number of aliphatic carboxylic acids is 1. The van der Waals surface area contributed by atoms with Crippen LogP contribution in [-0.2, 0) is 19.1 Å². The number of hydrogen-bond acceptors (Lipinski definition) is 6. The molecule has 0 radical (unpaired) electrons. The molecule has 0 aromatic heterocycles. The van der Waals surface area contributed by atoms with Crippen LogP contribution in [-0.4, -0.2) is 66.2 Å². The highest BCUT2D eigenvalue weighted by Crippen LogP contribution is 2.44. The van der Waals surface area contributed by atoms with Crippen LogP contribution in [0.5, 0.6) is 0 Å². The fraction of sp³-hybridized carbons (Fsp3) is 0.375. The van der Waals surface area contributed by atoms with Crippen LogP contribution in [0.25, 0.3) is 11.1 Å². The predicted molar refractivity (Wildman–Crippen MR) is 118 cm³/mol. The van der Waals surface area contributed by atoms with Gasteiger partial charge in [-0.05, 0) is 29.2 Å². The first-order chi connectivity index (χ1) is 15.8. The van der Waals surface area contributed by atoms with Crippen LogP contribution in [0.15, 0.2) is 48.5 Å². The summed E-state index contributed by atoms with van der Waals surface area (Å²) in [6, 6.07) is 15.4.